The average molecular weight is 451 g/mol. The van der Waals surface area contributed by atoms with Gasteiger partial charge in [0.05, 0.1) is 0 Å². The first kappa shape index (κ1) is 22.8. The number of carboxylic acids is 1. The molecule has 0 radical (unpaired) electrons. The molecule has 0 unspecified atom stereocenters. The van der Waals surface area contributed by atoms with E-state index < -0.39 is 29.6 Å². The van der Waals surface area contributed by atoms with Crippen molar-refractivity contribution in [3.05, 3.63) is 59.7 Å². The number of benzene rings is 2. The number of fused-ring (bicyclic) bond motifs is 3. The van der Waals surface area contributed by atoms with Crippen molar-refractivity contribution >= 4 is 18.0 Å². The number of hydrogen-bond donors (Lipinski definition) is 2. The van der Waals surface area contributed by atoms with Crippen LogP contribution in [0.25, 0.3) is 11.1 Å². The molecule has 2 atom stereocenters. The summed E-state index contributed by atoms with van der Waals surface area (Å²) in [7, 11) is 0. The Balaban J connectivity index is 1.47. The maximum absolute atomic E-state index is 13.2. The molecule has 2 amide bonds. The molecule has 2 aliphatic rings. The van der Waals surface area contributed by atoms with E-state index in [2.05, 4.69) is 17.4 Å². The lowest BCUT2D eigenvalue weighted by molar-refractivity contribution is -0.150. The van der Waals surface area contributed by atoms with E-state index in [-0.39, 0.29) is 18.4 Å². The largest absolute Gasteiger partial charge is 0.480 e. The number of carbonyl (C=O) groups excluding carboxylic acids is 2. The van der Waals surface area contributed by atoms with Gasteiger partial charge in [0.15, 0.2) is 0 Å². The molecular formula is C26H30N2O5. The molecule has 1 saturated heterocycles. The quantitative estimate of drug-likeness (QED) is 0.717. The van der Waals surface area contributed by atoms with Gasteiger partial charge >= 0.3 is 12.1 Å². The number of nitrogens with zero attached hydrogens (tertiary/aromatic N) is 1. The van der Waals surface area contributed by atoms with Crippen LogP contribution in [0.1, 0.15) is 50.7 Å². The summed E-state index contributed by atoms with van der Waals surface area (Å²) >= 11 is 0. The Morgan fingerprint density at radius 2 is 1.64 bits per heavy atom. The molecule has 174 valence electrons. The van der Waals surface area contributed by atoms with Crippen LogP contribution < -0.4 is 5.32 Å². The van der Waals surface area contributed by atoms with Crippen molar-refractivity contribution in [3.63, 3.8) is 0 Å². The van der Waals surface area contributed by atoms with E-state index in [1.165, 1.54) is 4.90 Å². The minimum absolute atomic E-state index is 0.0816. The fraction of sp³-hybridized carbons (Fsp3) is 0.423. The van der Waals surface area contributed by atoms with Gasteiger partial charge in [-0.15, -0.1) is 0 Å². The number of nitrogens with one attached hydrogen (secondary N) is 1. The molecule has 4 rings (SSSR count). The maximum Gasteiger partial charge on any atom is 0.407 e. The fourth-order valence-electron chi connectivity index (χ4n) is 4.86. The van der Waals surface area contributed by atoms with Crippen molar-refractivity contribution < 1.29 is 24.2 Å². The van der Waals surface area contributed by atoms with Gasteiger partial charge in [0.25, 0.3) is 0 Å². The van der Waals surface area contributed by atoms with E-state index in [4.69, 9.17) is 4.74 Å². The summed E-state index contributed by atoms with van der Waals surface area (Å²) in [5, 5.41) is 12.2. The van der Waals surface area contributed by atoms with Gasteiger partial charge in [-0.05, 0) is 40.5 Å². The number of ether oxygens (including phenoxy) is 1. The van der Waals surface area contributed by atoms with Crippen molar-refractivity contribution in [2.24, 2.45) is 5.41 Å². The van der Waals surface area contributed by atoms with E-state index in [9.17, 15) is 19.5 Å². The summed E-state index contributed by atoms with van der Waals surface area (Å²) in [5.41, 5.74) is 3.87. The summed E-state index contributed by atoms with van der Waals surface area (Å²) in [5.74, 6) is -1.49. The number of hydrogen-bond acceptors (Lipinski definition) is 4. The molecule has 1 aliphatic heterocycles. The van der Waals surface area contributed by atoms with Gasteiger partial charge in [-0.1, -0.05) is 69.3 Å². The molecule has 7 heteroatoms. The lowest BCUT2D eigenvalue weighted by Gasteiger charge is -2.34. The number of alkyl carbamates (subject to hydrolysis) is 1. The van der Waals surface area contributed by atoms with Gasteiger partial charge in [0.2, 0.25) is 5.91 Å². The molecule has 1 aliphatic carbocycles. The van der Waals surface area contributed by atoms with Crippen molar-refractivity contribution in [3.8, 4) is 11.1 Å². The molecule has 1 fully saturated rings. The third kappa shape index (κ3) is 4.45. The lowest BCUT2D eigenvalue weighted by Crippen LogP contribution is -2.56. The van der Waals surface area contributed by atoms with Gasteiger partial charge in [0, 0.05) is 12.5 Å². The Kier molecular flexibility index (Phi) is 6.15. The van der Waals surface area contributed by atoms with Crippen LogP contribution in [-0.2, 0) is 14.3 Å². The van der Waals surface area contributed by atoms with Crippen LogP contribution in [0.2, 0.25) is 0 Å². The molecular weight excluding hydrogens is 420 g/mol. The maximum atomic E-state index is 13.2. The Hall–Kier alpha value is -3.35. The first-order chi connectivity index (χ1) is 15.7. The second kappa shape index (κ2) is 8.89. The topological polar surface area (TPSA) is 95.9 Å². The van der Waals surface area contributed by atoms with Crippen LogP contribution >= 0.6 is 0 Å². The second-order valence-corrected chi connectivity index (χ2v) is 9.80. The number of carboxylic acid groups (broad SMARTS) is 1. The number of aliphatic carboxylic acids is 1. The Morgan fingerprint density at radius 3 is 2.18 bits per heavy atom. The summed E-state index contributed by atoms with van der Waals surface area (Å²) in [6.45, 7) is 6.03. The molecule has 7 nitrogen and oxygen atoms in total. The van der Waals surface area contributed by atoms with Crippen LogP contribution in [-0.4, -0.2) is 53.2 Å². The predicted octanol–water partition coefficient (Wildman–Crippen LogP) is 4.02. The monoisotopic (exact) mass is 450 g/mol. The van der Waals surface area contributed by atoms with Crippen LogP contribution in [0.3, 0.4) is 0 Å². The molecule has 0 saturated carbocycles. The SMILES string of the molecule is CC(C)(C)[C@H](NC(=O)OCC1c2ccccc2-c2ccccc21)C(=O)N1CCC[C@H]1C(=O)O. The zero-order valence-electron chi connectivity index (χ0n) is 19.2. The number of rotatable bonds is 5. The van der Waals surface area contributed by atoms with Crippen LogP contribution in [0.4, 0.5) is 4.79 Å². The van der Waals surface area contributed by atoms with Crippen LogP contribution in [0, 0.1) is 5.41 Å². The van der Waals surface area contributed by atoms with Crippen molar-refractivity contribution in [2.75, 3.05) is 13.2 Å². The van der Waals surface area contributed by atoms with Gasteiger partial charge in [-0.2, -0.15) is 0 Å². The number of likely N-dealkylation sites (tertiary alicyclic amines) is 1. The molecule has 0 spiro atoms. The highest BCUT2D eigenvalue weighted by atomic mass is 16.5. The van der Waals surface area contributed by atoms with Crippen molar-refractivity contribution in [1.82, 2.24) is 10.2 Å². The average Bonchev–Trinajstić information content (AvgIpc) is 3.38. The van der Waals surface area contributed by atoms with Crippen molar-refractivity contribution in [2.45, 2.75) is 51.6 Å². The Bertz CT molecular complexity index is 1030. The minimum Gasteiger partial charge on any atom is -0.480 e. The lowest BCUT2D eigenvalue weighted by atomic mass is 9.85. The van der Waals surface area contributed by atoms with E-state index >= 15 is 0 Å². The van der Waals surface area contributed by atoms with Crippen molar-refractivity contribution in [1.29, 1.82) is 0 Å². The zero-order chi connectivity index (χ0) is 23.8. The first-order valence-electron chi connectivity index (χ1n) is 11.3. The predicted molar refractivity (Wildman–Crippen MR) is 124 cm³/mol. The van der Waals surface area contributed by atoms with E-state index in [1.807, 2.05) is 57.2 Å². The third-order valence-electron chi connectivity index (χ3n) is 6.54. The normalized spacial score (nSPS) is 18.4. The molecule has 33 heavy (non-hydrogen) atoms. The summed E-state index contributed by atoms with van der Waals surface area (Å²) in [6, 6.07) is 14.4. The molecule has 2 aromatic carbocycles. The molecule has 0 aromatic heterocycles. The highest BCUT2D eigenvalue weighted by molar-refractivity contribution is 5.90. The fourth-order valence-corrected chi connectivity index (χ4v) is 4.86. The zero-order valence-corrected chi connectivity index (χ0v) is 19.2. The highest BCUT2D eigenvalue weighted by Gasteiger charge is 2.42. The highest BCUT2D eigenvalue weighted by Crippen LogP contribution is 2.44. The molecule has 1 heterocycles. The van der Waals surface area contributed by atoms with Gasteiger partial charge < -0.3 is 20.1 Å². The number of carbonyl (C=O) groups is 3. The van der Waals surface area contributed by atoms with Gasteiger partial charge in [-0.3, -0.25) is 4.79 Å². The summed E-state index contributed by atoms with van der Waals surface area (Å²) in [4.78, 5) is 38.9. The minimum atomic E-state index is -1.02. The standard InChI is InChI=1S/C26H30N2O5/c1-26(2,3)22(23(29)28-14-8-13-21(28)24(30)31)27-25(32)33-15-20-18-11-6-4-9-16(18)17-10-5-7-12-19(17)20/h4-7,9-12,20-22H,8,13-15H2,1-3H3,(H,27,32)(H,30,31)/t21-,22+/m0/s1. The van der Waals surface area contributed by atoms with Gasteiger partial charge in [0.1, 0.15) is 18.7 Å². The smallest absolute Gasteiger partial charge is 0.407 e. The second-order valence-electron chi connectivity index (χ2n) is 9.80. The van der Waals surface area contributed by atoms with E-state index in [1.54, 1.807) is 0 Å². The molecule has 2 N–H and O–H groups in total. The molecule has 2 aromatic rings. The van der Waals surface area contributed by atoms with Crippen LogP contribution in [0.5, 0.6) is 0 Å². The third-order valence-corrected chi connectivity index (χ3v) is 6.54. The Morgan fingerprint density at radius 1 is 1.06 bits per heavy atom. The molecule has 0 bridgehead atoms. The van der Waals surface area contributed by atoms with Gasteiger partial charge in [-0.25, -0.2) is 9.59 Å². The summed E-state index contributed by atoms with van der Waals surface area (Å²) < 4.78 is 5.62. The first-order valence-corrected chi connectivity index (χ1v) is 11.3. The summed E-state index contributed by atoms with van der Waals surface area (Å²) in [6.07, 6.45) is 0.365. The number of amides is 2. The Labute approximate surface area is 193 Å². The van der Waals surface area contributed by atoms with E-state index in [0.717, 1.165) is 22.3 Å². The van der Waals surface area contributed by atoms with Crippen LogP contribution in [0.15, 0.2) is 48.5 Å². The van der Waals surface area contributed by atoms with E-state index in [0.29, 0.717) is 19.4 Å².